The molecule has 4 aromatic rings. The minimum absolute atomic E-state index is 0.182. The molecule has 5 heteroatoms. The van der Waals surface area contributed by atoms with Crippen molar-refractivity contribution in [1.82, 2.24) is 9.97 Å². The molecule has 0 saturated heterocycles. The lowest BCUT2D eigenvalue weighted by Gasteiger charge is -2.05. The third-order valence-electron chi connectivity index (χ3n) is 4.17. The van der Waals surface area contributed by atoms with Crippen LogP contribution in [0.3, 0.4) is 0 Å². The first-order valence-electron chi connectivity index (χ1n) is 8.13. The maximum absolute atomic E-state index is 12.0. The highest BCUT2D eigenvalue weighted by atomic mass is 35.5. The summed E-state index contributed by atoms with van der Waals surface area (Å²) in [5, 5.41) is 2.69. The fourth-order valence-electron chi connectivity index (χ4n) is 2.96. The van der Waals surface area contributed by atoms with Crippen LogP contribution in [0.25, 0.3) is 33.2 Å². The van der Waals surface area contributed by atoms with Crippen molar-refractivity contribution in [3.05, 3.63) is 77.8 Å². The van der Waals surface area contributed by atoms with Gasteiger partial charge < -0.3 is 9.72 Å². The second kappa shape index (κ2) is 6.65. The zero-order valence-corrected chi connectivity index (χ0v) is 14.6. The maximum atomic E-state index is 12.0. The number of fused-ring (bicyclic) bond motifs is 2. The lowest BCUT2D eigenvalue weighted by atomic mass is 10.0. The fourth-order valence-corrected chi connectivity index (χ4v) is 3.20. The van der Waals surface area contributed by atoms with Crippen LogP contribution in [0.15, 0.2) is 67.3 Å². The maximum Gasteiger partial charge on any atom is 0.338 e. The normalized spacial score (nSPS) is 11.0. The van der Waals surface area contributed by atoms with E-state index >= 15 is 0 Å². The number of esters is 1. The number of ether oxygens (including phenoxy) is 1. The summed E-state index contributed by atoms with van der Waals surface area (Å²) in [6.07, 6.45) is 1.54. The minimum atomic E-state index is -0.389. The number of hydrogen-bond donors (Lipinski definition) is 1. The largest absolute Gasteiger partial charge is 0.458 e. The van der Waals surface area contributed by atoms with E-state index in [4.69, 9.17) is 16.3 Å². The first-order chi connectivity index (χ1) is 12.7. The van der Waals surface area contributed by atoms with Crippen LogP contribution < -0.4 is 0 Å². The summed E-state index contributed by atoms with van der Waals surface area (Å²) in [6, 6.07) is 17.0. The Morgan fingerprint density at radius 2 is 1.96 bits per heavy atom. The summed E-state index contributed by atoms with van der Waals surface area (Å²) in [5.41, 5.74) is 2.97. The van der Waals surface area contributed by atoms with Gasteiger partial charge in [-0.2, -0.15) is 0 Å². The molecule has 0 aliphatic carbocycles. The lowest BCUT2D eigenvalue weighted by molar-refractivity contribution is 0.0550. The molecule has 4 rings (SSSR count). The molecule has 0 radical (unpaired) electrons. The van der Waals surface area contributed by atoms with Gasteiger partial charge in [0.1, 0.15) is 12.4 Å². The topological polar surface area (TPSA) is 55.0 Å². The highest BCUT2D eigenvalue weighted by Gasteiger charge is 2.12. The first kappa shape index (κ1) is 16.4. The standard InChI is InChI=1S/C21H15ClN2O2/c1-2-11-26-21(25)13-9-10-18-19(12-13)24-20(23-18)16-7-3-6-15-14(16)5-4-8-17(15)22/h2-10,12H,1,11H2,(H,23,24). The van der Waals surface area contributed by atoms with Crippen molar-refractivity contribution in [2.45, 2.75) is 0 Å². The van der Waals surface area contributed by atoms with Gasteiger partial charge in [-0.1, -0.05) is 54.6 Å². The molecule has 0 bridgehead atoms. The number of nitrogens with zero attached hydrogens (tertiary/aromatic N) is 1. The Labute approximate surface area is 155 Å². The molecular formula is C21H15ClN2O2. The molecule has 0 fully saturated rings. The number of halogens is 1. The number of benzene rings is 3. The zero-order chi connectivity index (χ0) is 18.1. The number of imidazole rings is 1. The fraction of sp³-hybridized carbons (Fsp3) is 0.0476. The van der Waals surface area contributed by atoms with Crippen molar-refractivity contribution < 1.29 is 9.53 Å². The molecule has 1 N–H and O–H groups in total. The van der Waals surface area contributed by atoms with Gasteiger partial charge in [-0.25, -0.2) is 9.78 Å². The van der Waals surface area contributed by atoms with Crippen molar-refractivity contribution in [2.24, 2.45) is 0 Å². The van der Waals surface area contributed by atoms with Crippen LogP contribution in [-0.4, -0.2) is 22.5 Å². The highest BCUT2D eigenvalue weighted by molar-refractivity contribution is 6.35. The Hall–Kier alpha value is -3.11. The van der Waals surface area contributed by atoms with Gasteiger partial charge in [0.25, 0.3) is 0 Å². The Morgan fingerprint density at radius 1 is 1.15 bits per heavy atom. The van der Waals surface area contributed by atoms with E-state index in [1.165, 1.54) is 6.08 Å². The molecule has 0 spiro atoms. The Morgan fingerprint density at radius 3 is 2.81 bits per heavy atom. The van der Waals surface area contributed by atoms with Crippen LogP contribution in [-0.2, 0) is 4.74 Å². The van der Waals surface area contributed by atoms with E-state index in [9.17, 15) is 4.79 Å². The van der Waals surface area contributed by atoms with Gasteiger partial charge in [0, 0.05) is 16.0 Å². The van der Waals surface area contributed by atoms with Gasteiger partial charge >= 0.3 is 5.97 Å². The van der Waals surface area contributed by atoms with Crippen LogP contribution in [0.5, 0.6) is 0 Å². The summed E-state index contributed by atoms with van der Waals surface area (Å²) in [7, 11) is 0. The molecule has 4 nitrogen and oxygen atoms in total. The molecule has 1 heterocycles. The number of nitrogens with one attached hydrogen (secondary N) is 1. The number of hydrogen-bond acceptors (Lipinski definition) is 3. The molecule has 1 aromatic heterocycles. The number of carbonyl (C=O) groups is 1. The van der Waals surface area contributed by atoms with E-state index in [2.05, 4.69) is 16.5 Å². The molecular weight excluding hydrogens is 348 g/mol. The van der Waals surface area contributed by atoms with E-state index in [0.717, 1.165) is 33.2 Å². The highest BCUT2D eigenvalue weighted by Crippen LogP contribution is 2.32. The molecule has 0 saturated carbocycles. The zero-order valence-electron chi connectivity index (χ0n) is 13.8. The van der Waals surface area contributed by atoms with Crippen molar-refractivity contribution in [3.63, 3.8) is 0 Å². The number of rotatable bonds is 4. The molecule has 0 atom stereocenters. The van der Waals surface area contributed by atoms with Gasteiger partial charge in [-0.15, -0.1) is 0 Å². The second-order valence-corrected chi connectivity index (χ2v) is 6.25. The summed E-state index contributed by atoms with van der Waals surface area (Å²) in [4.78, 5) is 20.0. The predicted molar refractivity (Wildman–Crippen MR) is 105 cm³/mol. The van der Waals surface area contributed by atoms with Gasteiger partial charge in [0.2, 0.25) is 0 Å². The Bertz CT molecular complexity index is 1150. The van der Waals surface area contributed by atoms with Gasteiger partial charge in [0.15, 0.2) is 0 Å². The predicted octanol–water partition coefficient (Wildman–Crippen LogP) is 5.38. The Balaban J connectivity index is 1.80. The Kier molecular flexibility index (Phi) is 4.19. The van der Waals surface area contributed by atoms with Crippen LogP contribution in [0.2, 0.25) is 5.02 Å². The lowest BCUT2D eigenvalue weighted by Crippen LogP contribution is -2.04. The third-order valence-corrected chi connectivity index (χ3v) is 4.50. The molecule has 128 valence electrons. The molecule has 0 unspecified atom stereocenters. The summed E-state index contributed by atoms with van der Waals surface area (Å²) < 4.78 is 5.08. The summed E-state index contributed by atoms with van der Waals surface area (Å²) >= 11 is 6.30. The number of H-pyrrole nitrogens is 1. The first-order valence-corrected chi connectivity index (χ1v) is 8.50. The van der Waals surface area contributed by atoms with E-state index < -0.39 is 0 Å². The van der Waals surface area contributed by atoms with Crippen LogP contribution in [0, 0.1) is 0 Å². The molecule has 0 aliphatic heterocycles. The molecule has 0 aliphatic rings. The third kappa shape index (κ3) is 2.85. The van der Waals surface area contributed by atoms with Crippen molar-refractivity contribution >= 4 is 39.4 Å². The van der Waals surface area contributed by atoms with Crippen LogP contribution in [0.4, 0.5) is 0 Å². The summed E-state index contributed by atoms with van der Waals surface area (Å²) in [5.74, 6) is 0.337. The number of aromatic nitrogens is 2. The van der Waals surface area contributed by atoms with Gasteiger partial charge in [-0.05, 0) is 29.7 Å². The van der Waals surface area contributed by atoms with Crippen molar-refractivity contribution in [2.75, 3.05) is 6.61 Å². The molecule has 3 aromatic carbocycles. The quantitative estimate of drug-likeness (QED) is 0.391. The van der Waals surface area contributed by atoms with E-state index in [-0.39, 0.29) is 12.6 Å². The van der Waals surface area contributed by atoms with Crippen molar-refractivity contribution in [3.8, 4) is 11.4 Å². The smallest absolute Gasteiger partial charge is 0.338 e. The van der Waals surface area contributed by atoms with Gasteiger partial charge in [0.05, 0.1) is 16.6 Å². The molecule has 26 heavy (non-hydrogen) atoms. The number of carbonyl (C=O) groups excluding carboxylic acids is 1. The van der Waals surface area contributed by atoms with E-state index in [1.807, 2.05) is 36.4 Å². The van der Waals surface area contributed by atoms with Crippen LogP contribution >= 0.6 is 11.6 Å². The van der Waals surface area contributed by atoms with E-state index in [0.29, 0.717) is 10.6 Å². The SMILES string of the molecule is C=CCOC(=O)c1ccc2nc(-c3cccc4c(Cl)cccc34)[nH]c2c1. The van der Waals surface area contributed by atoms with Gasteiger partial charge in [-0.3, -0.25) is 0 Å². The van der Waals surface area contributed by atoms with Crippen molar-refractivity contribution in [1.29, 1.82) is 0 Å². The van der Waals surface area contributed by atoms with E-state index in [1.54, 1.807) is 18.2 Å². The second-order valence-electron chi connectivity index (χ2n) is 5.85. The number of aromatic amines is 1. The molecule has 0 amide bonds. The summed E-state index contributed by atoms with van der Waals surface area (Å²) in [6.45, 7) is 3.72. The monoisotopic (exact) mass is 362 g/mol. The average molecular weight is 363 g/mol. The van der Waals surface area contributed by atoms with Crippen LogP contribution in [0.1, 0.15) is 10.4 Å². The minimum Gasteiger partial charge on any atom is -0.458 e. The average Bonchev–Trinajstić information content (AvgIpc) is 3.09.